The lowest BCUT2D eigenvalue weighted by molar-refractivity contribution is -0.274. The van der Waals surface area contributed by atoms with Crippen LogP contribution >= 0.6 is 0 Å². The average molecular weight is 216 g/mol. The molecule has 0 heterocycles. The van der Waals surface area contributed by atoms with Crippen LogP contribution < -0.4 is 9.47 Å². The minimum atomic E-state index is -4.68. The van der Waals surface area contributed by atoms with Crippen molar-refractivity contribution in [2.24, 2.45) is 0 Å². The molecule has 0 unspecified atom stereocenters. The lowest BCUT2D eigenvalue weighted by atomic mass is 10.3. The summed E-state index contributed by atoms with van der Waals surface area (Å²) in [7, 11) is 0. The molecule has 0 aromatic heterocycles. The fraction of sp³-hybridized carbons (Fsp3) is 0.100. The first-order chi connectivity index (χ1) is 7.01. The maximum absolute atomic E-state index is 11.8. The van der Waals surface area contributed by atoms with Crippen LogP contribution in [0.5, 0.6) is 11.5 Å². The predicted octanol–water partition coefficient (Wildman–Crippen LogP) is 3.26. The van der Waals surface area contributed by atoms with Crippen LogP contribution in [0.2, 0.25) is 0 Å². The zero-order valence-electron chi connectivity index (χ0n) is 7.54. The standard InChI is InChI=1S/C10H7F3O2/c1-2-7-14-8-3-5-9(6-4-8)15-10(11,12)13/h3-7H,1H2. The molecule has 2 nitrogen and oxygen atoms in total. The van der Waals surface area contributed by atoms with Gasteiger partial charge in [-0.25, -0.2) is 0 Å². The van der Waals surface area contributed by atoms with Crippen LogP contribution in [-0.4, -0.2) is 6.36 Å². The number of benzene rings is 1. The molecular weight excluding hydrogens is 209 g/mol. The Morgan fingerprint density at radius 1 is 1.13 bits per heavy atom. The third-order valence-electron chi connectivity index (χ3n) is 1.34. The van der Waals surface area contributed by atoms with Crippen LogP contribution in [0.15, 0.2) is 42.8 Å². The molecule has 1 aromatic carbocycles. The first-order valence-corrected chi connectivity index (χ1v) is 3.88. The molecule has 0 aliphatic carbocycles. The van der Waals surface area contributed by atoms with E-state index in [4.69, 9.17) is 4.74 Å². The lowest BCUT2D eigenvalue weighted by Gasteiger charge is -2.08. The summed E-state index contributed by atoms with van der Waals surface area (Å²) >= 11 is 0. The highest BCUT2D eigenvalue weighted by molar-refractivity contribution is 5.31. The summed E-state index contributed by atoms with van der Waals surface area (Å²) in [5.74, 6) is 0.0816. The van der Waals surface area contributed by atoms with E-state index in [1.807, 2.05) is 0 Å². The molecule has 0 saturated carbocycles. The van der Waals surface area contributed by atoms with E-state index in [9.17, 15) is 13.2 Å². The summed E-state index contributed by atoms with van der Waals surface area (Å²) in [6, 6.07) is 4.99. The maximum Gasteiger partial charge on any atom is 0.573 e. The Kier molecular flexibility index (Phi) is 3.42. The van der Waals surface area contributed by atoms with Gasteiger partial charge in [-0.1, -0.05) is 12.3 Å². The summed E-state index contributed by atoms with van der Waals surface area (Å²) in [6.45, 7) is 3.26. The first kappa shape index (κ1) is 11.2. The summed E-state index contributed by atoms with van der Waals surface area (Å²) in [5.41, 5.74) is 2.36. The molecule has 0 amide bonds. The van der Waals surface area contributed by atoms with Gasteiger partial charge in [-0.05, 0) is 24.3 Å². The third-order valence-corrected chi connectivity index (χ3v) is 1.34. The fourth-order valence-electron chi connectivity index (χ4n) is 0.830. The van der Waals surface area contributed by atoms with E-state index < -0.39 is 6.36 Å². The van der Waals surface area contributed by atoms with E-state index in [0.29, 0.717) is 5.75 Å². The number of rotatable bonds is 3. The van der Waals surface area contributed by atoms with Crippen molar-refractivity contribution in [3.63, 3.8) is 0 Å². The predicted molar refractivity (Wildman–Crippen MR) is 47.5 cm³/mol. The molecule has 5 heteroatoms. The van der Waals surface area contributed by atoms with E-state index in [0.717, 1.165) is 12.1 Å². The SMILES string of the molecule is C=C=COc1ccc(OC(F)(F)F)cc1. The molecule has 0 N–H and O–H groups in total. The van der Waals surface area contributed by atoms with Gasteiger partial charge >= 0.3 is 6.36 Å². The van der Waals surface area contributed by atoms with E-state index in [-0.39, 0.29) is 5.75 Å². The van der Waals surface area contributed by atoms with Crippen molar-refractivity contribution in [1.82, 2.24) is 0 Å². The van der Waals surface area contributed by atoms with Gasteiger partial charge in [-0.3, -0.25) is 0 Å². The van der Waals surface area contributed by atoms with Crippen LogP contribution in [0.1, 0.15) is 0 Å². The molecule has 0 fully saturated rings. The van der Waals surface area contributed by atoms with E-state index in [1.165, 1.54) is 18.4 Å². The Morgan fingerprint density at radius 3 is 2.13 bits per heavy atom. The Balaban J connectivity index is 2.68. The quantitative estimate of drug-likeness (QED) is 0.570. The Labute approximate surface area is 84.2 Å². The monoisotopic (exact) mass is 216 g/mol. The molecule has 1 aromatic rings. The average Bonchev–Trinajstić information content (AvgIpc) is 2.14. The normalized spacial score (nSPS) is 10.3. The highest BCUT2D eigenvalue weighted by atomic mass is 19.4. The molecule has 0 saturated heterocycles. The van der Waals surface area contributed by atoms with E-state index >= 15 is 0 Å². The van der Waals surface area contributed by atoms with Gasteiger partial charge in [0.25, 0.3) is 0 Å². The highest BCUT2D eigenvalue weighted by Crippen LogP contribution is 2.24. The Morgan fingerprint density at radius 2 is 1.67 bits per heavy atom. The van der Waals surface area contributed by atoms with Crippen molar-refractivity contribution in [3.8, 4) is 11.5 Å². The highest BCUT2D eigenvalue weighted by Gasteiger charge is 2.30. The molecule has 80 valence electrons. The summed E-state index contributed by atoms with van der Waals surface area (Å²) < 4.78 is 43.9. The second kappa shape index (κ2) is 4.57. The van der Waals surface area contributed by atoms with Gasteiger partial charge in [0.05, 0.1) is 0 Å². The minimum Gasteiger partial charge on any atom is -0.457 e. The number of halogens is 3. The summed E-state index contributed by atoms with van der Waals surface area (Å²) in [6.07, 6.45) is -3.48. The van der Waals surface area contributed by atoms with E-state index in [2.05, 4.69) is 17.0 Å². The van der Waals surface area contributed by atoms with Gasteiger partial charge in [0.2, 0.25) is 0 Å². The Hall–Kier alpha value is -1.87. The molecule has 0 aliphatic rings. The van der Waals surface area contributed by atoms with Gasteiger partial charge < -0.3 is 9.47 Å². The second-order valence-corrected chi connectivity index (χ2v) is 2.46. The van der Waals surface area contributed by atoms with Crippen molar-refractivity contribution in [1.29, 1.82) is 0 Å². The molecule has 15 heavy (non-hydrogen) atoms. The van der Waals surface area contributed by atoms with Crippen molar-refractivity contribution in [2.75, 3.05) is 0 Å². The van der Waals surface area contributed by atoms with Crippen LogP contribution in [0.25, 0.3) is 0 Å². The van der Waals surface area contributed by atoms with Gasteiger partial charge in [-0.15, -0.1) is 13.2 Å². The number of ether oxygens (including phenoxy) is 2. The van der Waals surface area contributed by atoms with Crippen molar-refractivity contribution in [3.05, 3.63) is 42.8 Å². The zero-order chi connectivity index (χ0) is 11.3. The largest absolute Gasteiger partial charge is 0.573 e. The molecular formula is C10H7F3O2. The van der Waals surface area contributed by atoms with Gasteiger partial charge in [0, 0.05) is 0 Å². The summed E-state index contributed by atoms with van der Waals surface area (Å²) in [4.78, 5) is 0. The van der Waals surface area contributed by atoms with Crippen LogP contribution in [0.3, 0.4) is 0 Å². The van der Waals surface area contributed by atoms with Gasteiger partial charge in [0.15, 0.2) is 0 Å². The minimum absolute atomic E-state index is 0.294. The topological polar surface area (TPSA) is 18.5 Å². The van der Waals surface area contributed by atoms with Crippen LogP contribution in [0, 0.1) is 0 Å². The van der Waals surface area contributed by atoms with Crippen molar-refractivity contribution >= 4 is 0 Å². The Bertz CT molecular complexity index is 361. The third kappa shape index (κ3) is 4.24. The zero-order valence-corrected chi connectivity index (χ0v) is 7.54. The number of hydrogen-bond acceptors (Lipinski definition) is 2. The van der Waals surface area contributed by atoms with Crippen LogP contribution in [0.4, 0.5) is 13.2 Å². The summed E-state index contributed by atoms with van der Waals surface area (Å²) in [5, 5.41) is 0. The molecule has 1 rings (SSSR count). The van der Waals surface area contributed by atoms with Gasteiger partial charge in [0.1, 0.15) is 17.8 Å². The number of alkyl halides is 3. The first-order valence-electron chi connectivity index (χ1n) is 3.88. The van der Waals surface area contributed by atoms with Crippen LogP contribution in [-0.2, 0) is 0 Å². The maximum atomic E-state index is 11.8. The number of hydrogen-bond donors (Lipinski definition) is 0. The lowest BCUT2D eigenvalue weighted by Crippen LogP contribution is -2.16. The van der Waals surface area contributed by atoms with Crippen molar-refractivity contribution in [2.45, 2.75) is 6.36 Å². The smallest absolute Gasteiger partial charge is 0.457 e. The second-order valence-electron chi connectivity index (χ2n) is 2.46. The molecule has 0 atom stereocenters. The molecule has 0 radical (unpaired) electrons. The van der Waals surface area contributed by atoms with Gasteiger partial charge in [-0.2, -0.15) is 0 Å². The fourth-order valence-corrected chi connectivity index (χ4v) is 0.830. The van der Waals surface area contributed by atoms with E-state index in [1.54, 1.807) is 0 Å². The molecule has 0 aliphatic heterocycles. The molecule has 0 bridgehead atoms. The molecule has 0 spiro atoms. The van der Waals surface area contributed by atoms with Crippen molar-refractivity contribution < 1.29 is 22.6 Å².